The van der Waals surface area contributed by atoms with E-state index >= 15 is 0 Å². The van der Waals surface area contributed by atoms with Crippen LogP contribution in [0.15, 0.2) is 12.4 Å². The molecule has 138 valence electrons. The van der Waals surface area contributed by atoms with Crippen LogP contribution in [0.1, 0.15) is 19.9 Å². The maximum atomic E-state index is 13.8. The van der Waals surface area contributed by atoms with Gasteiger partial charge in [0, 0.05) is 25.8 Å². The van der Waals surface area contributed by atoms with Gasteiger partial charge in [0.05, 0.1) is 24.3 Å². The van der Waals surface area contributed by atoms with Crippen molar-refractivity contribution in [1.29, 1.82) is 0 Å². The van der Waals surface area contributed by atoms with Gasteiger partial charge in [-0.15, -0.1) is 0 Å². The van der Waals surface area contributed by atoms with Crippen molar-refractivity contribution in [3.63, 3.8) is 0 Å². The van der Waals surface area contributed by atoms with Crippen LogP contribution in [0.5, 0.6) is 0 Å². The molecular formula is C16H22FN9. The minimum absolute atomic E-state index is 0.0899. The summed E-state index contributed by atoms with van der Waals surface area (Å²) in [5, 5.41) is 4.22. The number of aromatic nitrogens is 6. The van der Waals surface area contributed by atoms with Crippen LogP contribution < -0.4 is 16.4 Å². The second-order valence-corrected chi connectivity index (χ2v) is 6.97. The van der Waals surface area contributed by atoms with Gasteiger partial charge in [-0.05, 0) is 13.8 Å². The Morgan fingerprint density at radius 1 is 1.23 bits per heavy atom. The largest absolute Gasteiger partial charge is 0.382 e. The molecule has 1 saturated heterocycles. The molecule has 1 aliphatic rings. The molecule has 4 rings (SSSR count). The fourth-order valence-corrected chi connectivity index (χ4v) is 3.31. The zero-order valence-corrected chi connectivity index (χ0v) is 15.0. The molecule has 0 spiro atoms. The lowest BCUT2D eigenvalue weighted by molar-refractivity contribution is 0.333. The second kappa shape index (κ2) is 5.90. The van der Waals surface area contributed by atoms with Crippen molar-refractivity contribution >= 4 is 22.9 Å². The van der Waals surface area contributed by atoms with Crippen LogP contribution in [0, 0.1) is 0 Å². The molecule has 26 heavy (non-hydrogen) atoms. The average Bonchev–Trinajstić information content (AvgIpc) is 3.25. The van der Waals surface area contributed by atoms with Crippen LogP contribution in [0.3, 0.4) is 0 Å². The number of halogens is 1. The van der Waals surface area contributed by atoms with Gasteiger partial charge < -0.3 is 20.9 Å². The Balaban J connectivity index is 1.89. The summed E-state index contributed by atoms with van der Waals surface area (Å²) in [4.78, 5) is 15.4. The first-order valence-electron chi connectivity index (χ1n) is 8.54. The number of nitrogen functional groups attached to an aromatic ring is 1. The van der Waals surface area contributed by atoms with E-state index in [9.17, 15) is 4.39 Å². The lowest BCUT2D eigenvalue weighted by Gasteiger charge is -2.17. The molecule has 4 heterocycles. The van der Waals surface area contributed by atoms with E-state index in [2.05, 4.69) is 20.1 Å². The summed E-state index contributed by atoms with van der Waals surface area (Å²) in [6.45, 7) is 4.61. The van der Waals surface area contributed by atoms with Crippen molar-refractivity contribution in [3.8, 4) is 11.4 Å². The Kier molecular flexibility index (Phi) is 3.79. The van der Waals surface area contributed by atoms with E-state index in [-0.39, 0.29) is 18.4 Å². The molecule has 0 aromatic carbocycles. The van der Waals surface area contributed by atoms with Crippen molar-refractivity contribution in [2.75, 3.05) is 23.7 Å². The molecule has 9 nitrogen and oxygen atoms in total. The fourth-order valence-electron chi connectivity index (χ4n) is 3.31. The van der Waals surface area contributed by atoms with Gasteiger partial charge in [-0.25, -0.2) is 9.37 Å². The third kappa shape index (κ3) is 2.57. The van der Waals surface area contributed by atoms with E-state index in [1.54, 1.807) is 15.8 Å². The van der Waals surface area contributed by atoms with E-state index in [1.165, 1.54) is 0 Å². The zero-order chi connectivity index (χ0) is 18.6. The van der Waals surface area contributed by atoms with Gasteiger partial charge in [-0.2, -0.15) is 15.1 Å². The Labute approximate surface area is 149 Å². The molecule has 0 amide bonds. The molecule has 0 aliphatic carbocycles. The number of nitrogens with two attached hydrogens (primary N) is 2. The smallest absolute Gasteiger partial charge is 0.229 e. The van der Waals surface area contributed by atoms with Crippen molar-refractivity contribution in [2.24, 2.45) is 12.8 Å². The van der Waals surface area contributed by atoms with Gasteiger partial charge in [0.25, 0.3) is 0 Å². The highest BCUT2D eigenvalue weighted by Gasteiger charge is 2.32. The Bertz CT molecular complexity index is 950. The fraction of sp³-hybridized carbons (Fsp3) is 0.500. The molecule has 1 fully saturated rings. The van der Waals surface area contributed by atoms with Crippen LogP contribution >= 0.6 is 0 Å². The van der Waals surface area contributed by atoms with Gasteiger partial charge in [-0.3, -0.25) is 4.68 Å². The monoisotopic (exact) mass is 359 g/mol. The van der Waals surface area contributed by atoms with Gasteiger partial charge in [0.1, 0.15) is 12.0 Å². The third-order valence-electron chi connectivity index (χ3n) is 4.61. The van der Waals surface area contributed by atoms with E-state index < -0.39 is 12.2 Å². The lowest BCUT2D eigenvalue weighted by Crippen LogP contribution is -2.30. The Hall–Kier alpha value is -2.75. The maximum Gasteiger partial charge on any atom is 0.229 e. The van der Waals surface area contributed by atoms with Gasteiger partial charge >= 0.3 is 0 Å². The zero-order valence-electron chi connectivity index (χ0n) is 15.0. The quantitative estimate of drug-likeness (QED) is 0.713. The molecule has 4 N–H and O–H groups in total. The van der Waals surface area contributed by atoms with Crippen LogP contribution in [0.4, 0.5) is 16.2 Å². The molecule has 0 unspecified atom stereocenters. The summed E-state index contributed by atoms with van der Waals surface area (Å²) in [6.07, 6.45) is 2.53. The average molecular weight is 359 g/mol. The lowest BCUT2D eigenvalue weighted by atomic mass is 10.3. The number of alkyl halides is 1. The number of aryl methyl sites for hydroxylation is 1. The van der Waals surface area contributed by atoms with E-state index in [0.29, 0.717) is 23.7 Å². The summed E-state index contributed by atoms with van der Waals surface area (Å²) in [5.41, 5.74) is 14.0. The number of hydrogen-bond acceptors (Lipinski definition) is 7. The maximum absolute atomic E-state index is 13.8. The number of fused-ring (bicyclic) bond motifs is 1. The van der Waals surface area contributed by atoms with Crippen molar-refractivity contribution in [1.82, 2.24) is 29.3 Å². The summed E-state index contributed by atoms with van der Waals surface area (Å²) in [7, 11) is 1.85. The molecule has 3 aromatic rings. The first-order valence-corrected chi connectivity index (χ1v) is 8.54. The summed E-state index contributed by atoms with van der Waals surface area (Å²) < 4.78 is 17.5. The highest BCUT2D eigenvalue weighted by Crippen LogP contribution is 2.31. The van der Waals surface area contributed by atoms with Crippen LogP contribution in [0.2, 0.25) is 0 Å². The van der Waals surface area contributed by atoms with Crippen LogP contribution in [-0.2, 0) is 7.05 Å². The van der Waals surface area contributed by atoms with Gasteiger partial charge in [0.2, 0.25) is 5.95 Å². The summed E-state index contributed by atoms with van der Waals surface area (Å²) in [5.74, 6) is 1.37. The molecule has 2 atom stereocenters. The highest BCUT2D eigenvalue weighted by atomic mass is 19.1. The summed E-state index contributed by atoms with van der Waals surface area (Å²) in [6, 6.07) is -0.455. The topological polar surface area (TPSA) is 117 Å². The minimum atomic E-state index is -1.10. The number of imidazole rings is 1. The molecule has 0 saturated carbocycles. The number of rotatable bonds is 3. The Morgan fingerprint density at radius 2 is 2.00 bits per heavy atom. The predicted octanol–water partition coefficient (Wildman–Crippen LogP) is 0.875. The SMILES string of the molecule is CC(C)n1c(-c2cnn(C)c2)nc2c(N)nc(N3C[C@H](N)[C@@H](F)C3)nc21. The highest BCUT2D eigenvalue weighted by molar-refractivity contribution is 5.86. The van der Waals surface area contributed by atoms with E-state index in [4.69, 9.17) is 11.5 Å². The number of nitrogens with zero attached hydrogens (tertiary/aromatic N) is 7. The first-order chi connectivity index (χ1) is 12.3. The third-order valence-corrected chi connectivity index (χ3v) is 4.61. The second-order valence-electron chi connectivity index (χ2n) is 6.97. The van der Waals surface area contributed by atoms with E-state index in [1.807, 2.05) is 31.7 Å². The van der Waals surface area contributed by atoms with E-state index in [0.717, 1.165) is 11.4 Å². The number of anilines is 2. The predicted molar refractivity (Wildman–Crippen MR) is 97.4 cm³/mol. The Morgan fingerprint density at radius 3 is 2.58 bits per heavy atom. The molecule has 1 aliphatic heterocycles. The van der Waals surface area contributed by atoms with Gasteiger partial charge in [0.15, 0.2) is 17.0 Å². The van der Waals surface area contributed by atoms with Crippen molar-refractivity contribution in [2.45, 2.75) is 32.1 Å². The van der Waals surface area contributed by atoms with Crippen LogP contribution in [0.25, 0.3) is 22.6 Å². The number of hydrogen-bond donors (Lipinski definition) is 2. The normalized spacial score (nSPS) is 20.6. The molecule has 3 aromatic heterocycles. The first kappa shape index (κ1) is 16.7. The minimum Gasteiger partial charge on any atom is -0.382 e. The van der Waals surface area contributed by atoms with Crippen molar-refractivity contribution < 1.29 is 4.39 Å². The summed E-state index contributed by atoms with van der Waals surface area (Å²) >= 11 is 0. The molecule has 10 heteroatoms. The molecule has 0 bridgehead atoms. The molecule has 0 radical (unpaired) electrons. The molecular weight excluding hydrogens is 337 g/mol. The van der Waals surface area contributed by atoms with Crippen molar-refractivity contribution in [3.05, 3.63) is 12.4 Å². The standard InChI is InChI=1S/C16H22FN9/c1-8(2)26-14(9-4-20-24(3)5-9)21-12-13(19)22-16(23-15(12)26)25-6-10(17)11(18)7-25/h4-5,8,10-11H,6-7,18H2,1-3H3,(H2,19,22,23)/t10-,11-/m0/s1. The van der Waals surface area contributed by atoms with Gasteiger partial charge in [-0.1, -0.05) is 0 Å². The van der Waals surface area contributed by atoms with Crippen LogP contribution in [-0.4, -0.2) is 54.6 Å².